The fraction of sp³-hybridized carbons (Fsp3) is 0.444. The van der Waals surface area contributed by atoms with Gasteiger partial charge in [0.1, 0.15) is 18.2 Å². The highest BCUT2D eigenvalue weighted by molar-refractivity contribution is 5.93. The van der Waals surface area contributed by atoms with Crippen molar-refractivity contribution in [2.75, 3.05) is 19.8 Å². The molecule has 0 spiro atoms. The summed E-state index contributed by atoms with van der Waals surface area (Å²) in [5, 5.41) is 14.9. The summed E-state index contributed by atoms with van der Waals surface area (Å²) in [6.45, 7) is 4.46. The van der Waals surface area contributed by atoms with E-state index in [-0.39, 0.29) is 44.5 Å². The van der Waals surface area contributed by atoms with Crippen LogP contribution in [0.15, 0.2) is 48.5 Å². The van der Waals surface area contributed by atoms with Crippen LogP contribution in [-0.4, -0.2) is 54.5 Å². The predicted molar refractivity (Wildman–Crippen MR) is 130 cm³/mol. The maximum atomic E-state index is 13.2. The summed E-state index contributed by atoms with van der Waals surface area (Å²) in [5.74, 6) is -1.65. The molecule has 186 valence electrons. The largest absolute Gasteiger partial charge is 0.480 e. The van der Waals surface area contributed by atoms with E-state index in [0.717, 1.165) is 22.3 Å². The van der Waals surface area contributed by atoms with Gasteiger partial charge in [0.25, 0.3) is 0 Å². The molecule has 8 nitrogen and oxygen atoms in total. The average Bonchev–Trinajstić information content (AvgIpc) is 3.16. The van der Waals surface area contributed by atoms with Crippen molar-refractivity contribution in [3.8, 4) is 11.1 Å². The zero-order chi connectivity index (χ0) is 25.0. The number of carbonyl (C=O) groups is 3. The predicted octanol–water partition coefficient (Wildman–Crippen LogP) is 3.69. The number of ether oxygens (including phenoxy) is 2. The normalized spacial score (nSPS) is 17.2. The SMILES string of the molecule is CC(C)CC(NC(=O)C1(NC(=O)OCC2c3ccccc3-c3ccccc32)CCOCC1)C(=O)O. The van der Waals surface area contributed by atoms with Crippen LogP contribution in [0.2, 0.25) is 0 Å². The quantitative estimate of drug-likeness (QED) is 0.531. The van der Waals surface area contributed by atoms with Gasteiger partial charge in [0.2, 0.25) is 5.91 Å². The first-order valence-electron chi connectivity index (χ1n) is 12.1. The lowest BCUT2D eigenvalue weighted by Crippen LogP contribution is -2.63. The molecule has 1 fully saturated rings. The van der Waals surface area contributed by atoms with Gasteiger partial charge in [-0.2, -0.15) is 0 Å². The maximum Gasteiger partial charge on any atom is 0.408 e. The highest BCUT2D eigenvalue weighted by atomic mass is 16.5. The second kappa shape index (κ2) is 10.5. The van der Waals surface area contributed by atoms with Crippen molar-refractivity contribution < 1.29 is 29.0 Å². The molecule has 0 radical (unpaired) electrons. The minimum Gasteiger partial charge on any atom is -0.480 e. The van der Waals surface area contributed by atoms with Crippen LogP contribution in [0.1, 0.15) is 50.2 Å². The van der Waals surface area contributed by atoms with Crippen molar-refractivity contribution >= 4 is 18.0 Å². The minimum atomic E-state index is -1.29. The molecule has 2 aromatic carbocycles. The number of fused-ring (bicyclic) bond motifs is 3. The molecule has 3 N–H and O–H groups in total. The fourth-order valence-electron chi connectivity index (χ4n) is 4.95. The Morgan fingerprint density at radius 2 is 1.60 bits per heavy atom. The van der Waals surface area contributed by atoms with E-state index in [9.17, 15) is 19.5 Å². The summed E-state index contributed by atoms with van der Waals surface area (Å²) in [4.78, 5) is 37.8. The van der Waals surface area contributed by atoms with Crippen LogP contribution in [0.5, 0.6) is 0 Å². The van der Waals surface area contributed by atoms with Gasteiger partial charge in [-0.3, -0.25) is 4.79 Å². The van der Waals surface area contributed by atoms with E-state index in [1.807, 2.05) is 50.2 Å². The lowest BCUT2D eigenvalue weighted by molar-refractivity contribution is -0.144. The topological polar surface area (TPSA) is 114 Å². The van der Waals surface area contributed by atoms with Crippen LogP contribution < -0.4 is 10.6 Å². The molecule has 1 atom stereocenters. The number of benzene rings is 2. The van der Waals surface area contributed by atoms with E-state index >= 15 is 0 Å². The van der Waals surface area contributed by atoms with Crippen LogP contribution >= 0.6 is 0 Å². The molecule has 8 heteroatoms. The van der Waals surface area contributed by atoms with Crippen LogP contribution in [0.25, 0.3) is 11.1 Å². The van der Waals surface area contributed by atoms with E-state index < -0.39 is 29.6 Å². The molecule has 2 amide bonds. The first kappa shape index (κ1) is 24.7. The Bertz CT molecular complexity index is 1050. The Labute approximate surface area is 205 Å². The fourth-order valence-corrected chi connectivity index (χ4v) is 4.95. The van der Waals surface area contributed by atoms with Crippen molar-refractivity contribution in [2.45, 2.75) is 50.6 Å². The molecule has 2 aromatic rings. The molecular weight excluding hydrogens is 448 g/mol. The molecule has 4 rings (SSSR count). The molecule has 1 saturated heterocycles. The van der Waals surface area contributed by atoms with Crippen LogP contribution in [-0.2, 0) is 19.1 Å². The molecular formula is C27H32N2O6. The van der Waals surface area contributed by atoms with Gasteiger partial charge in [0, 0.05) is 32.0 Å². The molecule has 1 aliphatic heterocycles. The van der Waals surface area contributed by atoms with Gasteiger partial charge in [-0.05, 0) is 34.6 Å². The van der Waals surface area contributed by atoms with Gasteiger partial charge in [0.15, 0.2) is 0 Å². The molecule has 1 unspecified atom stereocenters. The molecule has 0 bridgehead atoms. The number of carbonyl (C=O) groups excluding carboxylic acids is 2. The third-order valence-electron chi connectivity index (χ3n) is 6.78. The summed E-state index contributed by atoms with van der Waals surface area (Å²) in [5.41, 5.74) is 3.16. The van der Waals surface area contributed by atoms with Crippen LogP contribution in [0, 0.1) is 5.92 Å². The number of hydrogen-bond acceptors (Lipinski definition) is 5. The maximum absolute atomic E-state index is 13.2. The van der Waals surface area contributed by atoms with E-state index in [1.165, 1.54) is 0 Å². The number of hydrogen-bond donors (Lipinski definition) is 3. The zero-order valence-electron chi connectivity index (χ0n) is 20.1. The standard InChI is InChI=1S/C27H32N2O6/c1-17(2)15-23(24(30)31)28-25(32)27(11-13-34-14-12-27)29-26(33)35-16-22-20-9-5-3-7-18(20)19-8-4-6-10-21(19)22/h3-10,17,22-23H,11-16H2,1-2H3,(H,28,32)(H,29,33)(H,30,31). The van der Waals surface area contributed by atoms with Crippen molar-refractivity contribution in [3.05, 3.63) is 59.7 Å². The van der Waals surface area contributed by atoms with E-state index in [4.69, 9.17) is 9.47 Å². The molecule has 2 aliphatic rings. The van der Waals surface area contributed by atoms with E-state index in [1.54, 1.807) is 0 Å². The Balaban J connectivity index is 1.46. The number of aliphatic carboxylic acids is 1. The third kappa shape index (κ3) is 5.32. The molecule has 35 heavy (non-hydrogen) atoms. The lowest BCUT2D eigenvalue weighted by atomic mass is 9.88. The summed E-state index contributed by atoms with van der Waals surface area (Å²) < 4.78 is 11.1. The summed E-state index contributed by atoms with van der Waals surface area (Å²) in [6, 6.07) is 15.1. The van der Waals surface area contributed by atoms with Gasteiger partial charge in [-0.25, -0.2) is 9.59 Å². The van der Waals surface area contributed by atoms with Crippen molar-refractivity contribution in [2.24, 2.45) is 5.92 Å². The van der Waals surface area contributed by atoms with Crippen molar-refractivity contribution in [3.63, 3.8) is 0 Å². The minimum absolute atomic E-state index is 0.0807. The average molecular weight is 481 g/mol. The molecule has 0 saturated carbocycles. The first-order chi connectivity index (χ1) is 16.8. The number of nitrogens with one attached hydrogen (secondary N) is 2. The summed E-state index contributed by atoms with van der Waals surface area (Å²) in [7, 11) is 0. The van der Waals surface area contributed by atoms with Crippen molar-refractivity contribution in [1.29, 1.82) is 0 Å². The second-order valence-electron chi connectivity index (χ2n) is 9.64. The number of rotatable bonds is 8. The summed E-state index contributed by atoms with van der Waals surface area (Å²) >= 11 is 0. The Morgan fingerprint density at radius 3 is 2.14 bits per heavy atom. The Morgan fingerprint density at radius 1 is 1.03 bits per heavy atom. The number of carboxylic acid groups (broad SMARTS) is 1. The Hall–Kier alpha value is -3.39. The van der Waals surface area contributed by atoms with E-state index in [2.05, 4.69) is 22.8 Å². The first-order valence-corrected chi connectivity index (χ1v) is 12.1. The molecule has 1 aliphatic carbocycles. The number of carboxylic acids is 1. The van der Waals surface area contributed by atoms with Crippen LogP contribution in [0.4, 0.5) is 4.79 Å². The highest BCUT2D eigenvalue weighted by Crippen LogP contribution is 2.44. The molecule has 1 heterocycles. The monoisotopic (exact) mass is 480 g/mol. The van der Waals surface area contributed by atoms with Crippen LogP contribution in [0.3, 0.4) is 0 Å². The lowest BCUT2D eigenvalue weighted by Gasteiger charge is -2.37. The number of alkyl carbamates (subject to hydrolysis) is 1. The third-order valence-corrected chi connectivity index (χ3v) is 6.78. The van der Waals surface area contributed by atoms with Gasteiger partial charge >= 0.3 is 12.1 Å². The summed E-state index contributed by atoms with van der Waals surface area (Å²) in [6.07, 6.45) is 0.0480. The van der Waals surface area contributed by atoms with E-state index in [0.29, 0.717) is 6.42 Å². The van der Waals surface area contributed by atoms with Gasteiger partial charge in [-0.1, -0.05) is 62.4 Å². The Kier molecular flexibility index (Phi) is 7.40. The van der Waals surface area contributed by atoms with Gasteiger partial charge in [0.05, 0.1) is 0 Å². The van der Waals surface area contributed by atoms with Crippen molar-refractivity contribution in [1.82, 2.24) is 10.6 Å². The van der Waals surface area contributed by atoms with Gasteiger partial charge in [-0.15, -0.1) is 0 Å². The van der Waals surface area contributed by atoms with Gasteiger partial charge < -0.3 is 25.2 Å². The second-order valence-corrected chi connectivity index (χ2v) is 9.64. The molecule has 0 aromatic heterocycles. The smallest absolute Gasteiger partial charge is 0.408 e. The zero-order valence-corrected chi connectivity index (χ0v) is 20.1. The highest BCUT2D eigenvalue weighted by Gasteiger charge is 2.43. The number of amides is 2.